The summed E-state index contributed by atoms with van der Waals surface area (Å²) < 4.78 is 226. The van der Waals surface area contributed by atoms with E-state index in [2.05, 4.69) is 0 Å². The number of halogens is 15. The van der Waals surface area contributed by atoms with Gasteiger partial charge in [-0.05, 0) is 24.3 Å². The number of hydrogen-bond acceptors (Lipinski definition) is 1. The molecule has 18 heteroatoms. The van der Waals surface area contributed by atoms with Crippen LogP contribution >= 0.6 is 0 Å². The van der Waals surface area contributed by atoms with Crippen LogP contribution in [0.1, 0.15) is 0 Å². The smallest absolute Gasteiger partial charge is 0.310 e. The number of rotatable bonds is 6. The van der Waals surface area contributed by atoms with E-state index in [1.165, 1.54) is 0 Å². The van der Waals surface area contributed by atoms with E-state index in [1.54, 1.807) is 0 Å². The molecular formula is C25H9BF15NO. The second kappa shape index (κ2) is 11.1. The van der Waals surface area contributed by atoms with E-state index in [9.17, 15) is 39.5 Å². The van der Waals surface area contributed by atoms with Gasteiger partial charge in [0.15, 0.2) is 52.4 Å². The van der Waals surface area contributed by atoms with Crippen LogP contribution in [0, 0.1) is 87.3 Å². The predicted molar refractivity (Wildman–Crippen MR) is 118 cm³/mol. The maximum absolute atomic E-state index is 15.4. The summed E-state index contributed by atoms with van der Waals surface area (Å²) in [6, 6.07) is 3.28. The molecule has 0 spiro atoms. The molecule has 0 amide bonds. The summed E-state index contributed by atoms with van der Waals surface area (Å²) >= 11 is 0. The molecule has 0 fully saturated rings. The van der Waals surface area contributed by atoms with Crippen LogP contribution in [0.15, 0.2) is 24.3 Å². The van der Waals surface area contributed by atoms with Crippen molar-refractivity contribution in [2.24, 2.45) is 0 Å². The van der Waals surface area contributed by atoms with Crippen LogP contribution in [0.5, 0.6) is 5.75 Å². The molecule has 0 aliphatic carbocycles. The molecule has 43 heavy (non-hydrogen) atoms. The Morgan fingerprint density at radius 3 is 0.860 bits per heavy atom. The minimum Gasteiger partial charge on any atom is -0.497 e. The molecule has 2 N–H and O–H groups in total. The molecule has 4 aromatic carbocycles. The summed E-state index contributed by atoms with van der Waals surface area (Å²) in [6.45, 7) is 0. The SMILES string of the molecule is COc1ccc([NH2+][B-](c2c(F)c(F)c(F)c(F)c2F)(c2c(F)c(F)c(F)c(F)c2F)c2c(F)c(F)c(F)c(F)c2F)cc1. The van der Waals surface area contributed by atoms with Gasteiger partial charge in [-0.1, -0.05) is 16.4 Å². The van der Waals surface area contributed by atoms with Gasteiger partial charge in [0, 0.05) is 0 Å². The van der Waals surface area contributed by atoms with Crippen molar-refractivity contribution in [3.05, 3.63) is 112 Å². The van der Waals surface area contributed by atoms with E-state index in [0.29, 0.717) is 0 Å². The van der Waals surface area contributed by atoms with Gasteiger partial charge in [-0.15, -0.1) is 0 Å². The summed E-state index contributed by atoms with van der Waals surface area (Å²) in [5.74, 6) is -45.9. The zero-order valence-electron chi connectivity index (χ0n) is 20.5. The average molecular weight is 635 g/mol. The van der Waals surface area contributed by atoms with Gasteiger partial charge < -0.3 is 9.96 Å². The summed E-state index contributed by atoms with van der Waals surface area (Å²) in [5, 5.41) is -0.158. The van der Waals surface area contributed by atoms with Crippen molar-refractivity contribution >= 4 is 28.4 Å². The molecule has 0 unspecified atom stereocenters. The first-order chi connectivity index (χ1) is 20.0. The van der Waals surface area contributed by atoms with E-state index < -0.39 is 116 Å². The first-order valence-electron chi connectivity index (χ1n) is 11.3. The molecule has 0 aromatic heterocycles. The summed E-state index contributed by atoms with van der Waals surface area (Å²) in [7, 11) is 1.09. The van der Waals surface area contributed by atoms with Gasteiger partial charge >= 0.3 is 6.28 Å². The van der Waals surface area contributed by atoms with E-state index >= 15 is 26.3 Å². The van der Waals surface area contributed by atoms with Crippen molar-refractivity contribution in [3.63, 3.8) is 0 Å². The topological polar surface area (TPSA) is 25.8 Å². The Bertz CT molecular complexity index is 1540. The van der Waals surface area contributed by atoms with Crippen molar-refractivity contribution in [1.29, 1.82) is 0 Å². The van der Waals surface area contributed by atoms with Crippen LogP contribution in [-0.4, -0.2) is 13.4 Å². The van der Waals surface area contributed by atoms with Gasteiger partial charge in [0.2, 0.25) is 0 Å². The van der Waals surface area contributed by atoms with Crippen molar-refractivity contribution in [2.75, 3.05) is 7.11 Å². The highest BCUT2D eigenvalue weighted by molar-refractivity contribution is 7.05. The van der Waals surface area contributed by atoms with Crippen LogP contribution < -0.4 is 26.4 Å². The zero-order chi connectivity index (χ0) is 32.3. The van der Waals surface area contributed by atoms with Crippen LogP contribution in [-0.2, 0) is 0 Å². The third-order valence-electron chi connectivity index (χ3n) is 6.66. The molecule has 0 bridgehead atoms. The molecule has 0 atom stereocenters. The standard InChI is InChI=1S/C25H9BF15NO/c1-43-7-4-2-6(3-5-7)42-26(8-11(27)17(33)23(39)18(34)12(8)28,9-13(29)19(35)24(40)20(36)14(9)30)10-15(31)21(37)25(41)22(38)16(10)32/h2-5H,42H2,1H3. The zero-order valence-corrected chi connectivity index (χ0v) is 20.5. The minimum absolute atomic E-state index is 0.0704. The summed E-state index contributed by atoms with van der Waals surface area (Å²) in [6.07, 6.45) is -5.78. The molecule has 0 aliphatic rings. The monoisotopic (exact) mass is 635 g/mol. The molecule has 0 saturated heterocycles. The van der Waals surface area contributed by atoms with E-state index in [0.717, 1.165) is 31.4 Å². The maximum atomic E-state index is 15.4. The Morgan fingerprint density at radius 2 is 0.628 bits per heavy atom. The fourth-order valence-corrected chi connectivity index (χ4v) is 4.75. The summed E-state index contributed by atoms with van der Waals surface area (Å²) in [4.78, 5) is 0. The highest BCUT2D eigenvalue weighted by Crippen LogP contribution is 2.26. The normalized spacial score (nSPS) is 11.8. The average Bonchev–Trinajstić information content (AvgIpc) is 2.99. The predicted octanol–water partition coefficient (Wildman–Crippen LogP) is 4.64. The van der Waals surface area contributed by atoms with Crippen LogP contribution in [0.3, 0.4) is 0 Å². The maximum Gasteiger partial charge on any atom is 0.310 e. The highest BCUT2D eigenvalue weighted by Gasteiger charge is 2.53. The fraction of sp³-hybridized carbons (Fsp3) is 0.0400. The number of ether oxygens (including phenoxy) is 1. The lowest BCUT2D eigenvalue weighted by atomic mass is 9.23. The number of quaternary nitrogens is 1. The lowest BCUT2D eigenvalue weighted by Gasteiger charge is -2.40. The molecule has 0 heterocycles. The Morgan fingerprint density at radius 1 is 0.395 bits per heavy atom. The highest BCUT2D eigenvalue weighted by atomic mass is 19.2. The number of methoxy groups -OCH3 is 1. The number of benzene rings is 4. The van der Waals surface area contributed by atoms with Gasteiger partial charge in [-0.25, -0.2) is 65.9 Å². The molecule has 2 nitrogen and oxygen atoms in total. The molecule has 228 valence electrons. The van der Waals surface area contributed by atoms with Gasteiger partial charge in [0.1, 0.15) is 40.7 Å². The Hall–Kier alpha value is -4.35. The fourth-order valence-electron chi connectivity index (χ4n) is 4.75. The van der Waals surface area contributed by atoms with Gasteiger partial charge in [-0.2, -0.15) is 0 Å². The van der Waals surface area contributed by atoms with Crippen LogP contribution in [0.2, 0.25) is 0 Å². The summed E-state index contributed by atoms with van der Waals surface area (Å²) in [5.41, 5.74) is -8.92. The molecule has 0 radical (unpaired) electrons. The van der Waals surface area contributed by atoms with E-state index in [-0.39, 0.29) is 11.0 Å². The van der Waals surface area contributed by atoms with E-state index in [1.807, 2.05) is 0 Å². The molecule has 0 saturated carbocycles. The van der Waals surface area contributed by atoms with Crippen LogP contribution in [0.25, 0.3) is 0 Å². The quantitative estimate of drug-likeness (QED) is 0.108. The number of nitrogens with two attached hydrogens (primary N) is 1. The van der Waals surface area contributed by atoms with Crippen molar-refractivity contribution < 1.29 is 75.8 Å². The molecule has 4 aromatic rings. The molecule has 4 rings (SSSR count). The lowest BCUT2D eigenvalue weighted by molar-refractivity contribution is -0.426. The van der Waals surface area contributed by atoms with Crippen molar-refractivity contribution in [3.8, 4) is 5.75 Å². The third kappa shape index (κ3) is 4.54. The number of hydrogen-bond donors (Lipinski definition) is 1. The minimum atomic E-state index is -5.78. The Kier molecular flexibility index (Phi) is 8.12. The molecule has 0 aliphatic heterocycles. The first kappa shape index (κ1) is 31.6. The van der Waals surface area contributed by atoms with Gasteiger partial charge in [0.25, 0.3) is 0 Å². The molecular weight excluding hydrogens is 626 g/mol. The Labute approximate surface area is 229 Å². The Balaban J connectivity index is 2.44. The lowest BCUT2D eigenvalue weighted by Crippen LogP contribution is -3.09. The first-order valence-corrected chi connectivity index (χ1v) is 11.3. The van der Waals surface area contributed by atoms with E-state index in [4.69, 9.17) is 4.74 Å². The largest absolute Gasteiger partial charge is 0.497 e. The second-order valence-corrected chi connectivity index (χ2v) is 8.82. The van der Waals surface area contributed by atoms with Crippen molar-refractivity contribution in [2.45, 2.75) is 0 Å². The van der Waals surface area contributed by atoms with Crippen molar-refractivity contribution in [1.82, 2.24) is 0 Å². The third-order valence-corrected chi connectivity index (χ3v) is 6.66. The second-order valence-electron chi connectivity index (χ2n) is 8.82. The van der Waals surface area contributed by atoms with Crippen LogP contribution in [0.4, 0.5) is 71.5 Å². The van der Waals surface area contributed by atoms with Gasteiger partial charge in [-0.3, -0.25) is 0 Å². The van der Waals surface area contributed by atoms with Gasteiger partial charge in [0.05, 0.1) is 12.8 Å².